The predicted octanol–water partition coefficient (Wildman–Crippen LogP) is 3.04. The van der Waals surface area contributed by atoms with Crippen molar-refractivity contribution in [2.24, 2.45) is 0 Å². The van der Waals surface area contributed by atoms with E-state index in [9.17, 15) is 9.59 Å². The van der Waals surface area contributed by atoms with Crippen LogP contribution in [-0.2, 0) is 16.1 Å². The van der Waals surface area contributed by atoms with Gasteiger partial charge >= 0.3 is 0 Å². The highest BCUT2D eigenvalue weighted by Gasteiger charge is 2.39. The van der Waals surface area contributed by atoms with Crippen LogP contribution in [0.1, 0.15) is 35.2 Å². The SMILES string of the molecule is COc1ccc(CN2C(=O)[C@@H](NC(C)=O)c3c(C)ccc(C)c32)cc1. The third-order valence-corrected chi connectivity index (χ3v) is 4.56. The lowest BCUT2D eigenvalue weighted by Crippen LogP contribution is -2.36. The summed E-state index contributed by atoms with van der Waals surface area (Å²) in [5, 5.41) is 2.80. The van der Waals surface area contributed by atoms with E-state index < -0.39 is 6.04 Å². The zero-order chi connectivity index (χ0) is 18.1. The number of fused-ring (bicyclic) bond motifs is 1. The molecule has 0 saturated heterocycles. The van der Waals surface area contributed by atoms with E-state index in [1.165, 1.54) is 6.92 Å². The zero-order valence-corrected chi connectivity index (χ0v) is 14.9. The summed E-state index contributed by atoms with van der Waals surface area (Å²) in [6.45, 7) is 5.85. The molecule has 0 fully saturated rings. The largest absolute Gasteiger partial charge is 0.497 e. The van der Waals surface area contributed by atoms with Crippen molar-refractivity contribution in [3.63, 3.8) is 0 Å². The van der Waals surface area contributed by atoms with Gasteiger partial charge in [0.2, 0.25) is 5.91 Å². The molecule has 1 atom stereocenters. The molecule has 5 heteroatoms. The topological polar surface area (TPSA) is 58.6 Å². The van der Waals surface area contributed by atoms with Crippen LogP contribution < -0.4 is 15.0 Å². The third kappa shape index (κ3) is 3.09. The molecule has 0 spiro atoms. The number of rotatable bonds is 4. The Balaban J connectivity index is 2.01. The van der Waals surface area contributed by atoms with Gasteiger partial charge in [-0.05, 0) is 42.7 Å². The molecule has 1 heterocycles. The van der Waals surface area contributed by atoms with Crippen LogP contribution in [0.25, 0.3) is 0 Å². The van der Waals surface area contributed by atoms with Crippen LogP contribution in [0.2, 0.25) is 0 Å². The molecule has 0 aromatic heterocycles. The predicted molar refractivity (Wildman–Crippen MR) is 96.7 cm³/mol. The highest BCUT2D eigenvalue weighted by molar-refractivity contribution is 6.07. The van der Waals surface area contributed by atoms with E-state index in [2.05, 4.69) is 5.32 Å². The lowest BCUT2D eigenvalue weighted by Gasteiger charge is -2.20. The molecule has 25 heavy (non-hydrogen) atoms. The van der Waals surface area contributed by atoms with Crippen molar-refractivity contribution < 1.29 is 14.3 Å². The molecule has 1 N–H and O–H groups in total. The van der Waals surface area contributed by atoms with Crippen LogP contribution in [0, 0.1) is 13.8 Å². The van der Waals surface area contributed by atoms with Crippen molar-refractivity contribution in [2.45, 2.75) is 33.4 Å². The van der Waals surface area contributed by atoms with E-state index >= 15 is 0 Å². The smallest absolute Gasteiger partial charge is 0.254 e. The van der Waals surface area contributed by atoms with Crippen molar-refractivity contribution >= 4 is 17.5 Å². The van der Waals surface area contributed by atoms with Gasteiger partial charge in [0.1, 0.15) is 11.8 Å². The molecule has 2 aromatic rings. The lowest BCUT2D eigenvalue weighted by molar-refractivity contribution is -0.126. The van der Waals surface area contributed by atoms with Crippen LogP contribution in [0.15, 0.2) is 36.4 Å². The third-order valence-electron chi connectivity index (χ3n) is 4.56. The van der Waals surface area contributed by atoms with E-state index in [1.807, 2.05) is 50.2 Å². The number of benzene rings is 2. The van der Waals surface area contributed by atoms with Crippen molar-refractivity contribution in [1.82, 2.24) is 5.32 Å². The number of amides is 2. The first-order chi connectivity index (χ1) is 11.9. The molecule has 3 rings (SSSR count). The molecule has 0 aliphatic carbocycles. The van der Waals surface area contributed by atoms with Crippen molar-refractivity contribution in [3.05, 3.63) is 58.7 Å². The minimum absolute atomic E-state index is 0.0987. The number of nitrogens with zero attached hydrogens (tertiary/aromatic N) is 1. The van der Waals surface area contributed by atoms with Gasteiger partial charge in [-0.1, -0.05) is 24.3 Å². The zero-order valence-electron chi connectivity index (χ0n) is 14.9. The molecular formula is C20H22N2O3. The average molecular weight is 338 g/mol. The monoisotopic (exact) mass is 338 g/mol. The summed E-state index contributed by atoms with van der Waals surface area (Å²) in [5.41, 5.74) is 4.83. The fraction of sp³-hybridized carbons (Fsp3) is 0.300. The standard InChI is InChI=1S/C20H22N2O3/c1-12-5-6-13(2)19-17(12)18(21-14(3)23)20(24)22(19)11-15-7-9-16(25-4)10-8-15/h5-10,18H,11H2,1-4H3,(H,21,23)/t18-/m0/s1. The number of hydrogen-bond acceptors (Lipinski definition) is 3. The van der Waals surface area contributed by atoms with Crippen LogP contribution in [0.5, 0.6) is 5.75 Å². The molecule has 0 unspecified atom stereocenters. The first-order valence-corrected chi connectivity index (χ1v) is 8.24. The first kappa shape index (κ1) is 17.0. The number of hydrogen-bond donors (Lipinski definition) is 1. The summed E-state index contributed by atoms with van der Waals surface area (Å²) in [7, 11) is 1.62. The Hall–Kier alpha value is -2.82. The van der Waals surface area contributed by atoms with Crippen LogP contribution in [0.3, 0.4) is 0 Å². The molecule has 2 amide bonds. The van der Waals surface area contributed by atoms with Gasteiger partial charge in [-0.3, -0.25) is 9.59 Å². The number of aryl methyl sites for hydroxylation is 2. The molecule has 130 valence electrons. The molecule has 0 saturated carbocycles. The summed E-state index contributed by atoms with van der Waals surface area (Å²) in [6, 6.07) is 11.0. The van der Waals surface area contributed by atoms with Crippen molar-refractivity contribution in [2.75, 3.05) is 12.0 Å². The Labute approximate surface area is 147 Å². The number of ether oxygens (including phenoxy) is 1. The van der Waals surface area contributed by atoms with Gasteiger partial charge in [-0.15, -0.1) is 0 Å². The van der Waals surface area contributed by atoms with Gasteiger partial charge in [-0.2, -0.15) is 0 Å². The van der Waals surface area contributed by atoms with Gasteiger partial charge in [-0.25, -0.2) is 0 Å². The highest BCUT2D eigenvalue weighted by atomic mass is 16.5. The van der Waals surface area contributed by atoms with E-state index in [0.29, 0.717) is 6.54 Å². The molecule has 0 bridgehead atoms. The molecule has 1 aliphatic heterocycles. The molecular weight excluding hydrogens is 316 g/mol. The van der Waals surface area contributed by atoms with Gasteiger partial charge in [0, 0.05) is 12.5 Å². The summed E-state index contributed by atoms with van der Waals surface area (Å²) < 4.78 is 5.18. The minimum Gasteiger partial charge on any atom is -0.497 e. The number of anilines is 1. The fourth-order valence-corrected chi connectivity index (χ4v) is 3.34. The maximum Gasteiger partial charge on any atom is 0.254 e. The van der Waals surface area contributed by atoms with Crippen molar-refractivity contribution in [1.29, 1.82) is 0 Å². The van der Waals surface area contributed by atoms with Crippen LogP contribution >= 0.6 is 0 Å². The number of methoxy groups -OCH3 is 1. The minimum atomic E-state index is -0.620. The van der Waals surface area contributed by atoms with Crippen LogP contribution in [0.4, 0.5) is 5.69 Å². The number of carbonyl (C=O) groups is 2. The highest BCUT2D eigenvalue weighted by Crippen LogP contribution is 2.41. The van der Waals surface area contributed by atoms with Crippen molar-refractivity contribution in [3.8, 4) is 5.75 Å². The maximum atomic E-state index is 13.0. The summed E-state index contributed by atoms with van der Waals surface area (Å²) in [6.07, 6.45) is 0. The average Bonchev–Trinajstić information content (AvgIpc) is 2.85. The lowest BCUT2D eigenvalue weighted by atomic mass is 9.99. The summed E-state index contributed by atoms with van der Waals surface area (Å²) >= 11 is 0. The molecule has 1 aliphatic rings. The van der Waals surface area contributed by atoms with Gasteiger partial charge < -0.3 is 15.0 Å². The van der Waals surface area contributed by atoms with Gasteiger partial charge in [0.15, 0.2) is 0 Å². The molecule has 2 aromatic carbocycles. The van der Waals surface area contributed by atoms with E-state index in [-0.39, 0.29) is 11.8 Å². The quantitative estimate of drug-likeness (QED) is 0.932. The van der Waals surface area contributed by atoms with Gasteiger partial charge in [0.05, 0.1) is 19.3 Å². The van der Waals surface area contributed by atoms with Gasteiger partial charge in [0.25, 0.3) is 5.91 Å². The molecule has 5 nitrogen and oxygen atoms in total. The van der Waals surface area contributed by atoms with E-state index in [1.54, 1.807) is 12.0 Å². The normalized spacial score (nSPS) is 15.9. The Bertz CT molecular complexity index is 828. The number of nitrogens with one attached hydrogen (secondary N) is 1. The Morgan fingerprint density at radius 3 is 2.36 bits per heavy atom. The van der Waals surface area contributed by atoms with Crippen LogP contribution in [-0.4, -0.2) is 18.9 Å². The Morgan fingerprint density at radius 1 is 1.12 bits per heavy atom. The number of carbonyl (C=O) groups excluding carboxylic acids is 2. The maximum absolute atomic E-state index is 13.0. The second-order valence-corrected chi connectivity index (χ2v) is 6.37. The Kier molecular flexibility index (Phi) is 4.49. The second-order valence-electron chi connectivity index (χ2n) is 6.37. The Morgan fingerprint density at radius 2 is 1.76 bits per heavy atom. The fourth-order valence-electron chi connectivity index (χ4n) is 3.34. The van der Waals surface area contributed by atoms with E-state index in [4.69, 9.17) is 4.74 Å². The van der Waals surface area contributed by atoms with E-state index in [0.717, 1.165) is 33.7 Å². The summed E-state index contributed by atoms with van der Waals surface area (Å²) in [4.78, 5) is 26.4. The molecule has 0 radical (unpaired) electrons. The first-order valence-electron chi connectivity index (χ1n) is 8.24. The second kappa shape index (κ2) is 6.59. The summed E-state index contributed by atoms with van der Waals surface area (Å²) in [5.74, 6) is 0.468.